The molecule has 0 spiro atoms. The van der Waals surface area contributed by atoms with Crippen LogP contribution in [0.15, 0.2) is 0 Å². The number of rotatable bonds is 4. The van der Waals surface area contributed by atoms with Crippen LogP contribution < -0.4 is 5.73 Å². The quantitative estimate of drug-likeness (QED) is 0.860. The van der Waals surface area contributed by atoms with E-state index in [4.69, 9.17) is 10.5 Å². The van der Waals surface area contributed by atoms with Gasteiger partial charge in [-0.15, -0.1) is 0 Å². The number of esters is 1. The first-order chi connectivity index (χ1) is 9.56. The van der Waals surface area contributed by atoms with Gasteiger partial charge in [0, 0.05) is 6.54 Å². The first-order valence-corrected chi connectivity index (χ1v) is 7.60. The summed E-state index contributed by atoms with van der Waals surface area (Å²) in [5.74, 6) is 0.350. The molecule has 5 nitrogen and oxygen atoms in total. The van der Waals surface area contributed by atoms with Crippen LogP contribution in [0.4, 0.5) is 5.69 Å². The van der Waals surface area contributed by atoms with Crippen LogP contribution in [-0.2, 0) is 11.3 Å². The number of ether oxygens (including phenoxy) is 1. The molecular weight excluding hydrogens is 254 g/mol. The molecule has 0 bridgehead atoms. The van der Waals surface area contributed by atoms with Crippen LogP contribution in [0.5, 0.6) is 0 Å². The van der Waals surface area contributed by atoms with Crippen molar-refractivity contribution in [2.75, 3.05) is 5.73 Å². The molecule has 0 radical (unpaired) electrons. The largest absolute Gasteiger partial charge is 0.458 e. The van der Waals surface area contributed by atoms with Crippen LogP contribution in [-0.4, -0.2) is 21.9 Å². The fraction of sp³-hybridized carbons (Fsp3) is 0.733. The molecule has 1 fully saturated rings. The number of carbonyl (C=O) groups is 1. The molecule has 20 heavy (non-hydrogen) atoms. The fourth-order valence-electron chi connectivity index (χ4n) is 2.97. The minimum Gasteiger partial charge on any atom is -0.458 e. The number of carbonyl (C=O) groups excluding carboxylic acids is 1. The third-order valence-corrected chi connectivity index (χ3v) is 4.25. The zero-order valence-electron chi connectivity index (χ0n) is 12.7. The van der Waals surface area contributed by atoms with Crippen LogP contribution in [0.25, 0.3) is 0 Å². The highest BCUT2D eigenvalue weighted by Gasteiger charge is 2.27. The molecule has 1 aromatic heterocycles. The molecule has 112 valence electrons. The second-order valence-corrected chi connectivity index (χ2v) is 5.63. The van der Waals surface area contributed by atoms with Gasteiger partial charge in [0.05, 0.1) is 11.4 Å². The van der Waals surface area contributed by atoms with Crippen molar-refractivity contribution < 1.29 is 9.53 Å². The van der Waals surface area contributed by atoms with E-state index in [1.807, 2.05) is 13.8 Å². The van der Waals surface area contributed by atoms with Gasteiger partial charge in [0.15, 0.2) is 5.69 Å². The van der Waals surface area contributed by atoms with E-state index in [2.05, 4.69) is 12.0 Å². The van der Waals surface area contributed by atoms with Crippen LogP contribution in [0.3, 0.4) is 0 Å². The molecule has 1 aromatic rings. The van der Waals surface area contributed by atoms with Crippen molar-refractivity contribution in [1.29, 1.82) is 0 Å². The van der Waals surface area contributed by atoms with Crippen molar-refractivity contribution in [3.63, 3.8) is 0 Å². The highest BCUT2D eigenvalue weighted by molar-refractivity contribution is 5.93. The van der Waals surface area contributed by atoms with Crippen LogP contribution in [0.1, 0.15) is 62.1 Å². The number of nitrogens with zero attached hydrogens (tertiary/aromatic N) is 2. The maximum absolute atomic E-state index is 12.4. The average Bonchev–Trinajstić information content (AvgIpc) is 2.74. The summed E-state index contributed by atoms with van der Waals surface area (Å²) in [6, 6.07) is 0. The van der Waals surface area contributed by atoms with Crippen LogP contribution in [0, 0.1) is 12.8 Å². The number of hydrogen-bond donors (Lipinski definition) is 1. The van der Waals surface area contributed by atoms with E-state index >= 15 is 0 Å². The normalized spacial score (nSPS) is 22.8. The Morgan fingerprint density at radius 3 is 2.85 bits per heavy atom. The lowest BCUT2D eigenvalue weighted by molar-refractivity contribution is 0.0128. The molecule has 0 aliphatic heterocycles. The molecule has 5 heteroatoms. The standard InChI is InChI=1S/C15H25N3O2/c1-4-11-7-6-8-12(9-11)20-15(19)14-13(16)10(3)17-18(14)5-2/h11-12H,4-9,16H2,1-3H3. The third kappa shape index (κ3) is 2.97. The number of nitrogen functional groups attached to an aromatic ring is 1. The molecule has 1 saturated carbocycles. The second kappa shape index (κ2) is 6.29. The summed E-state index contributed by atoms with van der Waals surface area (Å²) in [5, 5.41) is 4.26. The van der Waals surface area contributed by atoms with E-state index in [0.717, 1.165) is 25.7 Å². The van der Waals surface area contributed by atoms with Gasteiger partial charge < -0.3 is 10.5 Å². The van der Waals surface area contributed by atoms with Crippen molar-refractivity contribution in [2.45, 2.75) is 65.5 Å². The molecular formula is C15H25N3O2. The number of aryl methyl sites for hydroxylation is 2. The first kappa shape index (κ1) is 14.9. The lowest BCUT2D eigenvalue weighted by Crippen LogP contribution is -2.27. The van der Waals surface area contributed by atoms with Gasteiger partial charge in [0.2, 0.25) is 0 Å². The van der Waals surface area contributed by atoms with Crippen LogP contribution >= 0.6 is 0 Å². The maximum atomic E-state index is 12.4. The maximum Gasteiger partial charge on any atom is 0.359 e. The van der Waals surface area contributed by atoms with Crippen molar-refractivity contribution in [1.82, 2.24) is 9.78 Å². The van der Waals surface area contributed by atoms with E-state index < -0.39 is 0 Å². The lowest BCUT2D eigenvalue weighted by Gasteiger charge is -2.28. The molecule has 2 unspecified atom stereocenters. The highest BCUT2D eigenvalue weighted by atomic mass is 16.5. The van der Waals surface area contributed by atoms with Gasteiger partial charge in [-0.25, -0.2) is 4.79 Å². The van der Waals surface area contributed by atoms with Crippen LogP contribution in [0.2, 0.25) is 0 Å². The van der Waals surface area contributed by atoms with E-state index in [9.17, 15) is 4.79 Å². The summed E-state index contributed by atoms with van der Waals surface area (Å²) in [6.07, 6.45) is 5.50. The Kier molecular flexibility index (Phi) is 4.68. The zero-order valence-corrected chi connectivity index (χ0v) is 12.7. The fourth-order valence-corrected chi connectivity index (χ4v) is 2.97. The number of anilines is 1. The highest BCUT2D eigenvalue weighted by Crippen LogP contribution is 2.29. The molecule has 2 N–H and O–H groups in total. The van der Waals surface area contributed by atoms with E-state index in [1.54, 1.807) is 4.68 Å². The van der Waals surface area contributed by atoms with Gasteiger partial charge >= 0.3 is 5.97 Å². The monoisotopic (exact) mass is 279 g/mol. The molecule has 1 aliphatic carbocycles. The first-order valence-electron chi connectivity index (χ1n) is 7.60. The Hall–Kier alpha value is -1.52. The molecule has 1 heterocycles. The Morgan fingerprint density at radius 2 is 2.20 bits per heavy atom. The Bertz CT molecular complexity index is 482. The summed E-state index contributed by atoms with van der Waals surface area (Å²) >= 11 is 0. The van der Waals surface area contributed by atoms with Gasteiger partial charge in [-0.3, -0.25) is 4.68 Å². The van der Waals surface area contributed by atoms with E-state index in [0.29, 0.717) is 29.5 Å². The summed E-state index contributed by atoms with van der Waals surface area (Å²) in [6.45, 7) is 6.56. The summed E-state index contributed by atoms with van der Waals surface area (Å²) in [5.41, 5.74) is 7.49. The third-order valence-electron chi connectivity index (χ3n) is 4.25. The number of nitrogens with two attached hydrogens (primary N) is 1. The number of aromatic nitrogens is 2. The Balaban J connectivity index is 2.08. The topological polar surface area (TPSA) is 70.1 Å². The molecule has 2 rings (SSSR count). The second-order valence-electron chi connectivity index (χ2n) is 5.63. The molecule has 0 saturated heterocycles. The summed E-state index contributed by atoms with van der Waals surface area (Å²) in [4.78, 5) is 12.4. The van der Waals surface area contributed by atoms with E-state index in [1.165, 1.54) is 6.42 Å². The predicted molar refractivity (Wildman–Crippen MR) is 78.5 cm³/mol. The predicted octanol–water partition coefficient (Wildman–Crippen LogP) is 2.92. The number of hydrogen-bond acceptors (Lipinski definition) is 4. The Morgan fingerprint density at radius 1 is 1.45 bits per heavy atom. The minimum atomic E-state index is -0.327. The molecule has 1 aliphatic rings. The van der Waals surface area contributed by atoms with Gasteiger partial charge in [-0.1, -0.05) is 19.8 Å². The minimum absolute atomic E-state index is 0.0288. The SMILES string of the molecule is CCC1CCCC(OC(=O)c2c(N)c(C)nn2CC)C1. The summed E-state index contributed by atoms with van der Waals surface area (Å²) in [7, 11) is 0. The average molecular weight is 279 g/mol. The molecule has 0 amide bonds. The van der Waals surface area contributed by atoms with Crippen molar-refractivity contribution >= 4 is 11.7 Å². The van der Waals surface area contributed by atoms with Gasteiger partial charge in [-0.2, -0.15) is 5.10 Å². The van der Waals surface area contributed by atoms with Crippen molar-refractivity contribution in [3.05, 3.63) is 11.4 Å². The van der Waals surface area contributed by atoms with Gasteiger partial charge in [0.25, 0.3) is 0 Å². The Labute approximate surface area is 120 Å². The van der Waals surface area contributed by atoms with E-state index in [-0.39, 0.29) is 12.1 Å². The van der Waals surface area contributed by atoms with Crippen molar-refractivity contribution in [3.8, 4) is 0 Å². The molecule has 0 aromatic carbocycles. The van der Waals surface area contributed by atoms with Gasteiger partial charge in [0.1, 0.15) is 6.10 Å². The zero-order chi connectivity index (χ0) is 14.7. The smallest absolute Gasteiger partial charge is 0.359 e. The lowest BCUT2D eigenvalue weighted by atomic mass is 9.85. The van der Waals surface area contributed by atoms with Gasteiger partial charge in [-0.05, 0) is 39.0 Å². The molecule has 2 atom stereocenters. The summed E-state index contributed by atoms with van der Waals surface area (Å²) < 4.78 is 7.30. The van der Waals surface area contributed by atoms with Crippen molar-refractivity contribution in [2.24, 2.45) is 5.92 Å².